The molecule has 0 saturated carbocycles. The lowest BCUT2D eigenvalue weighted by Crippen LogP contribution is -2.27. The zero-order valence-corrected chi connectivity index (χ0v) is 11.7. The molecule has 0 fully saturated rings. The molecule has 1 heterocycles. The summed E-state index contributed by atoms with van der Waals surface area (Å²) in [5.41, 5.74) is 0. The summed E-state index contributed by atoms with van der Waals surface area (Å²) in [6.45, 7) is 6.07. The lowest BCUT2D eigenvalue weighted by Gasteiger charge is -2.21. The smallest absolute Gasteiger partial charge is 0.231 e. The Balaban J connectivity index is 2.94. The van der Waals surface area contributed by atoms with Gasteiger partial charge in [0.1, 0.15) is 0 Å². The summed E-state index contributed by atoms with van der Waals surface area (Å²) >= 11 is 5.91. The van der Waals surface area contributed by atoms with E-state index in [2.05, 4.69) is 33.7 Å². The highest BCUT2D eigenvalue weighted by molar-refractivity contribution is 6.28. The SMILES string of the molecule is CCCCN(CC)c1nc(Cl)nc(N(C)C)n1. The molecule has 0 unspecified atom stereocenters. The van der Waals surface area contributed by atoms with Crippen molar-refractivity contribution in [2.45, 2.75) is 26.7 Å². The van der Waals surface area contributed by atoms with Crippen molar-refractivity contribution in [3.8, 4) is 0 Å². The Labute approximate surface area is 108 Å². The molecule has 1 aromatic heterocycles. The van der Waals surface area contributed by atoms with Crippen molar-refractivity contribution in [3.63, 3.8) is 0 Å². The van der Waals surface area contributed by atoms with Crippen molar-refractivity contribution in [1.29, 1.82) is 0 Å². The summed E-state index contributed by atoms with van der Waals surface area (Å²) in [4.78, 5) is 16.6. The van der Waals surface area contributed by atoms with Gasteiger partial charge < -0.3 is 9.80 Å². The van der Waals surface area contributed by atoms with Crippen LogP contribution in [0.2, 0.25) is 5.28 Å². The Bertz CT molecular complexity index is 356. The molecule has 0 amide bonds. The summed E-state index contributed by atoms with van der Waals surface area (Å²) in [6, 6.07) is 0. The quantitative estimate of drug-likeness (QED) is 0.782. The zero-order chi connectivity index (χ0) is 12.8. The van der Waals surface area contributed by atoms with Crippen molar-refractivity contribution in [3.05, 3.63) is 5.28 Å². The van der Waals surface area contributed by atoms with E-state index < -0.39 is 0 Å². The second kappa shape index (κ2) is 6.59. The van der Waals surface area contributed by atoms with Gasteiger partial charge in [-0.05, 0) is 24.9 Å². The highest BCUT2D eigenvalue weighted by Gasteiger charge is 2.11. The highest BCUT2D eigenvalue weighted by Crippen LogP contribution is 2.15. The largest absolute Gasteiger partial charge is 0.347 e. The van der Waals surface area contributed by atoms with E-state index >= 15 is 0 Å². The van der Waals surface area contributed by atoms with Gasteiger partial charge in [0, 0.05) is 27.2 Å². The Morgan fingerprint density at radius 1 is 1.06 bits per heavy atom. The number of aromatic nitrogens is 3. The van der Waals surface area contributed by atoms with Gasteiger partial charge in [0.2, 0.25) is 17.2 Å². The maximum absolute atomic E-state index is 5.91. The molecule has 0 bridgehead atoms. The van der Waals surface area contributed by atoms with Crippen molar-refractivity contribution < 1.29 is 0 Å². The first-order valence-corrected chi connectivity index (χ1v) is 6.30. The summed E-state index contributed by atoms with van der Waals surface area (Å²) in [6.07, 6.45) is 2.27. The van der Waals surface area contributed by atoms with Crippen LogP contribution in [0.1, 0.15) is 26.7 Å². The minimum absolute atomic E-state index is 0.244. The predicted octanol–water partition coefficient (Wildman–Crippen LogP) is 2.22. The Morgan fingerprint density at radius 3 is 2.24 bits per heavy atom. The van der Waals surface area contributed by atoms with Crippen LogP contribution < -0.4 is 9.80 Å². The van der Waals surface area contributed by atoms with Crippen molar-refractivity contribution in [2.24, 2.45) is 0 Å². The number of nitrogens with zero attached hydrogens (tertiary/aromatic N) is 5. The van der Waals surface area contributed by atoms with Crippen LogP contribution in [0.5, 0.6) is 0 Å². The molecule has 0 aliphatic rings. The third-order valence-corrected chi connectivity index (χ3v) is 2.60. The molecule has 96 valence electrons. The number of anilines is 2. The second-order valence-electron chi connectivity index (χ2n) is 4.03. The van der Waals surface area contributed by atoms with Gasteiger partial charge in [-0.2, -0.15) is 15.0 Å². The number of halogens is 1. The monoisotopic (exact) mass is 257 g/mol. The molecule has 1 aromatic rings. The van der Waals surface area contributed by atoms with Crippen LogP contribution >= 0.6 is 11.6 Å². The Hall–Kier alpha value is -1.10. The first-order valence-electron chi connectivity index (χ1n) is 5.92. The van der Waals surface area contributed by atoms with Crippen LogP contribution in [-0.2, 0) is 0 Å². The number of hydrogen-bond acceptors (Lipinski definition) is 5. The maximum Gasteiger partial charge on any atom is 0.231 e. The molecule has 0 radical (unpaired) electrons. The second-order valence-corrected chi connectivity index (χ2v) is 4.37. The average molecular weight is 258 g/mol. The van der Waals surface area contributed by atoms with Gasteiger partial charge in [-0.3, -0.25) is 0 Å². The summed E-state index contributed by atoms with van der Waals surface area (Å²) in [5, 5.41) is 0.244. The van der Waals surface area contributed by atoms with E-state index in [1.807, 2.05) is 19.0 Å². The molecular weight excluding hydrogens is 238 g/mol. The van der Waals surface area contributed by atoms with Gasteiger partial charge in [-0.15, -0.1) is 0 Å². The van der Waals surface area contributed by atoms with Crippen molar-refractivity contribution in [2.75, 3.05) is 37.0 Å². The van der Waals surface area contributed by atoms with Gasteiger partial charge in [-0.25, -0.2) is 0 Å². The fourth-order valence-electron chi connectivity index (χ4n) is 1.42. The molecular formula is C11H20ClN5. The first-order chi connectivity index (χ1) is 8.08. The predicted molar refractivity (Wildman–Crippen MR) is 72.0 cm³/mol. The molecule has 0 saturated heterocycles. The molecule has 0 aromatic carbocycles. The van der Waals surface area contributed by atoms with Crippen LogP contribution in [0.25, 0.3) is 0 Å². The molecule has 1 rings (SSSR count). The molecule has 0 aliphatic carbocycles. The summed E-state index contributed by atoms with van der Waals surface area (Å²) in [5.74, 6) is 1.25. The Kier molecular flexibility index (Phi) is 5.41. The molecule has 6 heteroatoms. The van der Waals surface area contributed by atoms with Crippen LogP contribution in [0.4, 0.5) is 11.9 Å². The molecule has 0 aliphatic heterocycles. The summed E-state index contributed by atoms with van der Waals surface area (Å²) in [7, 11) is 3.77. The molecule has 0 atom stereocenters. The van der Waals surface area contributed by atoms with E-state index in [9.17, 15) is 0 Å². The normalized spacial score (nSPS) is 10.4. The number of rotatable bonds is 6. The van der Waals surface area contributed by atoms with E-state index in [1.165, 1.54) is 0 Å². The standard InChI is InChI=1S/C11H20ClN5/c1-5-7-8-17(6-2)11-14-9(12)13-10(15-11)16(3)4/h5-8H2,1-4H3. The lowest BCUT2D eigenvalue weighted by molar-refractivity contribution is 0.710. The van der Waals surface area contributed by atoms with Crippen LogP contribution in [0, 0.1) is 0 Å². The summed E-state index contributed by atoms with van der Waals surface area (Å²) < 4.78 is 0. The number of unbranched alkanes of at least 4 members (excludes halogenated alkanes) is 1. The topological polar surface area (TPSA) is 45.2 Å². The molecule has 0 N–H and O–H groups in total. The van der Waals surface area contributed by atoms with E-state index in [0.29, 0.717) is 11.9 Å². The number of hydrogen-bond donors (Lipinski definition) is 0. The fraction of sp³-hybridized carbons (Fsp3) is 0.727. The van der Waals surface area contributed by atoms with Crippen LogP contribution in [-0.4, -0.2) is 42.1 Å². The zero-order valence-electron chi connectivity index (χ0n) is 10.9. The highest BCUT2D eigenvalue weighted by atomic mass is 35.5. The van der Waals surface area contributed by atoms with E-state index in [4.69, 9.17) is 11.6 Å². The van der Waals surface area contributed by atoms with Crippen molar-refractivity contribution in [1.82, 2.24) is 15.0 Å². The third-order valence-electron chi connectivity index (χ3n) is 2.43. The van der Waals surface area contributed by atoms with Gasteiger partial charge in [0.25, 0.3) is 0 Å². The van der Waals surface area contributed by atoms with E-state index in [-0.39, 0.29) is 5.28 Å². The first kappa shape index (κ1) is 14.0. The lowest BCUT2D eigenvalue weighted by atomic mass is 10.3. The average Bonchev–Trinajstić information content (AvgIpc) is 2.29. The van der Waals surface area contributed by atoms with Gasteiger partial charge in [0.15, 0.2) is 0 Å². The van der Waals surface area contributed by atoms with Gasteiger partial charge in [0.05, 0.1) is 0 Å². The van der Waals surface area contributed by atoms with Crippen molar-refractivity contribution >= 4 is 23.5 Å². The van der Waals surface area contributed by atoms with Gasteiger partial charge in [-0.1, -0.05) is 13.3 Å². The molecule has 17 heavy (non-hydrogen) atoms. The Morgan fingerprint density at radius 2 is 1.71 bits per heavy atom. The van der Waals surface area contributed by atoms with Crippen LogP contribution in [0.3, 0.4) is 0 Å². The maximum atomic E-state index is 5.91. The minimum atomic E-state index is 0.244. The van der Waals surface area contributed by atoms with E-state index in [1.54, 1.807) is 0 Å². The minimum Gasteiger partial charge on any atom is -0.347 e. The molecule has 5 nitrogen and oxygen atoms in total. The fourth-order valence-corrected chi connectivity index (χ4v) is 1.57. The molecule has 0 spiro atoms. The third kappa shape index (κ3) is 4.00. The van der Waals surface area contributed by atoms with E-state index in [0.717, 1.165) is 25.9 Å². The van der Waals surface area contributed by atoms with Crippen LogP contribution in [0.15, 0.2) is 0 Å². The van der Waals surface area contributed by atoms with Gasteiger partial charge >= 0.3 is 0 Å².